The highest BCUT2D eigenvalue weighted by Crippen LogP contribution is 2.69. The second-order valence-corrected chi connectivity index (χ2v) is 20.9. The van der Waals surface area contributed by atoms with Crippen molar-refractivity contribution in [3.63, 3.8) is 0 Å². The Labute approximate surface area is 373 Å². The number of ketones is 1. The maximum atomic E-state index is 14.6. The molecule has 8 rings (SSSR count). The van der Waals surface area contributed by atoms with Gasteiger partial charge in [0.1, 0.15) is 72.9 Å². The Hall–Kier alpha value is -1.31. The first-order valence-electron chi connectivity index (χ1n) is 23.4. The van der Waals surface area contributed by atoms with E-state index >= 15 is 0 Å². The number of rotatable bonds is 12. The smallest absolute Gasteiger partial charge is 0.187 e. The minimum absolute atomic E-state index is 0.0714. The van der Waals surface area contributed by atoms with Gasteiger partial charge in [-0.15, -0.1) is 0 Å². The quantitative estimate of drug-likeness (QED) is 0.0978. The molecular weight excluding hydrogens is 844 g/mol. The molecule has 0 bridgehead atoms. The third-order valence-corrected chi connectivity index (χ3v) is 17.2. The minimum Gasteiger partial charge on any atom is -0.394 e. The van der Waals surface area contributed by atoms with E-state index in [2.05, 4.69) is 19.9 Å². The van der Waals surface area contributed by atoms with E-state index in [1.165, 1.54) is 5.57 Å². The topological polar surface area (TPSA) is 304 Å². The summed E-state index contributed by atoms with van der Waals surface area (Å²) in [4.78, 5) is 14.6. The summed E-state index contributed by atoms with van der Waals surface area (Å²) in [6.45, 7) is 8.75. The number of carbonyl (C=O) groups is 1. The van der Waals surface area contributed by atoms with Gasteiger partial charge in [-0.1, -0.05) is 39.3 Å². The molecular formula is C45H72O19. The van der Waals surface area contributed by atoms with Crippen LogP contribution in [-0.4, -0.2) is 192 Å². The third-order valence-electron chi connectivity index (χ3n) is 17.2. The number of Topliss-reactive ketones (excluding diaryl/α,β-unsaturated/α-hetero) is 1. The largest absolute Gasteiger partial charge is 0.394 e. The van der Waals surface area contributed by atoms with Crippen molar-refractivity contribution in [1.82, 2.24) is 0 Å². The lowest BCUT2D eigenvalue weighted by atomic mass is 9.46. The lowest BCUT2D eigenvalue weighted by Gasteiger charge is -2.57. The molecule has 26 atom stereocenters. The fraction of sp³-hybridized carbons (Fsp3) is 0.933. The van der Waals surface area contributed by atoms with Crippen LogP contribution in [0.15, 0.2) is 11.6 Å². The number of ether oxygens (including phenoxy) is 7. The molecule has 4 heterocycles. The molecule has 0 aromatic carbocycles. The molecule has 4 saturated heterocycles. The van der Waals surface area contributed by atoms with Gasteiger partial charge in [0, 0.05) is 30.1 Å². The highest BCUT2D eigenvalue weighted by Gasteiger charge is 2.70. The van der Waals surface area contributed by atoms with Crippen LogP contribution in [0, 0.1) is 46.3 Å². The summed E-state index contributed by atoms with van der Waals surface area (Å²) in [5.41, 5.74) is 0.263. The fourth-order valence-corrected chi connectivity index (χ4v) is 13.2. The summed E-state index contributed by atoms with van der Waals surface area (Å²) >= 11 is 0. The van der Waals surface area contributed by atoms with E-state index in [1.54, 1.807) is 6.92 Å². The maximum Gasteiger partial charge on any atom is 0.187 e. The molecule has 366 valence electrons. The second-order valence-electron chi connectivity index (χ2n) is 20.9. The van der Waals surface area contributed by atoms with Gasteiger partial charge in [0.05, 0.1) is 38.1 Å². The number of allylic oxidation sites excluding steroid dienone is 1. The number of hydrogen-bond donors (Lipinski definition) is 11. The molecule has 0 aromatic heterocycles. The van der Waals surface area contributed by atoms with Crippen molar-refractivity contribution < 1.29 is 94.1 Å². The van der Waals surface area contributed by atoms with Crippen molar-refractivity contribution in [2.24, 2.45) is 46.3 Å². The van der Waals surface area contributed by atoms with Gasteiger partial charge in [-0.3, -0.25) is 4.79 Å². The molecule has 4 aliphatic carbocycles. The van der Waals surface area contributed by atoms with Crippen LogP contribution in [0.2, 0.25) is 0 Å². The van der Waals surface area contributed by atoms with Gasteiger partial charge in [-0.25, -0.2) is 0 Å². The summed E-state index contributed by atoms with van der Waals surface area (Å²) in [6.07, 6.45) is -14.6. The van der Waals surface area contributed by atoms with Crippen molar-refractivity contribution in [3.05, 3.63) is 11.6 Å². The number of fused-ring (bicyclic) bond motifs is 7. The zero-order valence-corrected chi connectivity index (χ0v) is 37.3. The van der Waals surface area contributed by atoms with E-state index in [0.717, 1.165) is 12.8 Å². The molecule has 0 radical (unpaired) electrons. The van der Waals surface area contributed by atoms with E-state index in [1.807, 2.05) is 13.8 Å². The van der Waals surface area contributed by atoms with E-state index in [0.29, 0.717) is 38.5 Å². The first kappa shape index (κ1) is 49.1. The number of aliphatic hydroxyl groups excluding tert-OH is 10. The first-order chi connectivity index (χ1) is 30.2. The van der Waals surface area contributed by atoms with E-state index in [9.17, 15) is 61.0 Å². The molecule has 4 aliphatic heterocycles. The van der Waals surface area contributed by atoms with E-state index < -0.39 is 117 Å². The summed E-state index contributed by atoms with van der Waals surface area (Å²) in [7, 11) is 0. The Morgan fingerprint density at radius 1 is 0.781 bits per heavy atom. The average Bonchev–Trinajstić information content (AvgIpc) is 3.71. The molecule has 19 nitrogen and oxygen atoms in total. The molecule has 19 heteroatoms. The van der Waals surface area contributed by atoms with Gasteiger partial charge < -0.3 is 89.3 Å². The summed E-state index contributed by atoms with van der Waals surface area (Å²) in [5.74, 6) is -1.44. The monoisotopic (exact) mass is 916 g/mol. The van der Waals surface area contributed by atoms with Crippen LogP contribution in [0.3, 0.4) is 0 Å². The molecule has 3 saturated carbocycles. The van der Waals surface area contributed by atoms with Crippen LogP contribution in [0.1, 0.15) is 86.0 Å². The Bertz CT molecular complexity index is 1680. The SMILES string of the molecule is C[C@H](CCC1(O)O[C@H]2C[C@H]3[C@@H]4CC=C5C[C@@H](O[C@@H]6O[C@H](C)[C@H](O[C@@H]7O[C@H](CO)[C@@H](O)[C@H](O)[C@H]7O)[C@H](O)[C@H]6O)CC[C@]5(C)[C@H]4CC(=O)[C@]3(C)[C@H]2[C@@H]1C)CO[C@@H]1O[C@H](CO)[C@@H](O)[C@H](O)[C@H]1O. The zero-order valence-electron chi connectivity index (χ0n) is 37.3. The van der Waals surface area contributed by atoms with Gasteiger partial charge in [0.2, 0.25) is 0 Å². The van der Waals surface area contributed by atoms with Crippen molar-refractivity contribution in [2.45, 2.75) is 196 Å². The van der Waals surface area contributed by atoms with Crippen molar-refractivity contribution in [1.29, 1.82) is 0 Å². The van der Waals surface area contributed by atoms with Gasteiger partial charge in [0.15, 0.2) is 24.7 Å². The van der Waals surface area contributed by atoms with E-state index in [4.69, 9.17) is 33.2 Å². The van der Waals surface area contributed by atoms with Crippen LogP contribution >= 0.6 is 0 Å². The van der Waals surface area contributed by atoms with Crippen molar-refractivity contribution in [3.8, 4) is 0 Å². The molecule has 64 heavy (non-hydrogen) atoms. The molecule has 7 fully saturated rings. The van der Waals surface area contributed by atoms with Crippen LogP contribution in [0.4, 0.5) is 0 Å². The van der Waals surface area contributed by atoms with Crippen LogP contribution in [-0.2, 0) is 38.0 Å². The fourth-order valence-electron chi connectivity index (χ4n) is 13.2. The number of carbonyl (C=O) groups excluding carboxylic acids is 1. The molecule has 0 spiro atoms. The Kier molecular flexibility index (Phi) is 14.2. The normalized spacial score (nSPS) is 54.4. The highest BCUT2D eigenvalue weighted by atomic mass is 16.7. The molecule has 1 unspecified atom stereocenters. The summed E-state index contributed by atoms with van der Waals surface area (Å²) in [5, 5.41) is 115. The predicted octanol–water partition coefficient (Wildman–Crippen LogP) is -1.65. The maximum absolute atomic E-state index is 14.6. The highest BCUT2D eigenvalue weighted by molar-refractivity contribution is 5.87. The van der Waals surface area contributed by atoms with Gasteiger partial charge in [-0.05, 0) is 74.5 Å². The van der Waals surface area contributed by atoms with Crippen LogP contribution in [0.25, 0.3) is 0 Å². The third kappa shape index (κ3) is 8.27. The van der Waals surface area contributed by atoms with Gasteiger partial charge in [-0.2, -0.15) is 0 Å². The second kappa shape index (κ2) is 18.5. The number of hydrogen-bond acceptors (Lipinski definition) is 19. The van der Waals surface area contributed by atoms with Gasteiger partial charge >= 0.3 is 0 Å². The molecule has 0 aromatic rings. The van der Waals surface area contributed by atoms with E-state index in [-0.39, 0.29) is 65.5 Å². The first-order valence-corrected chi connectivity index (χ1v) is 23.4. The standard InChI is InChI=1S/C45H72O19/c1-18(17-58-40-36(54)33(51)31(49)27(15-46)61-40)8-11-45(57)19(2)30-26(64-45)13-25-23-7-6-21-12-22(9-10-43(21,4)24(23)14-29(48)44(25,30)5)60-41-38(56)35(53)39(20(3)59-41)63-42-37(55)34(52)32(50)28(16-47)62-42/h6,18-20,22-28,30-42,46-47,49-57H,7-17H2,1-5H3/t18-,19+,20-,22+,23-,24+,25+,26+,27-,28-,30+,31-,32-,33+,34+,35-,36-,37-,38-,39+,40-,41+,42+,43+,44-,45?/m1/s1. The lowest BCUT2D eigenvalue weighted by molar-refractivity contribution is -0.359. The molecule has 0 amide bonds. The Morgan fingerprint density at radius 2 is 1.39 bits per heavy atom. The lowest BCUT2D eigenvalue weighted by Crippen LogP contribution is -2.64. The van der Waals surface area contributed by atoms with Crippen molar-refractivity contribution in [2.75, 3.05) is 19.8 Å². The van der Waals surface area contributed by atoms with Crippen LogP contribution < -0.4 is 0 Å². The predicted molar refractivity (Wildman–Crippen MR) is 218 cm³/mol. The molecule has 11 N–H and O–H groups in total. The van der Waals surface area contributed by atoms with Crippen molar-refractivity contribution >= 4 is 5.78 Å². The minimum atomic E-state index is -1.70. The Morgan fingerprint density at radius 3 is 2.05 bits per heavy atom. The Balaban J connectivity index is 0.861. The number of aliphatic hydroxyl groups is 11. The summed E-state index contributed by atoms with van der Waals surface area (Å²) in [6, 6.07) is 0. The van der Waals surface area contributed by atoms with Gasteiger partial charge in [0.25, 0.3) is 0 Å². The zero-order chi connectivity index (χ0) is 46.4. The van der Waals surface area contributed by atoms with Crippen LogP contribution in [0.5, 0.6) is 0 Å². The summed E-state index contributed by atoms with van der Waals surface area (Å²) < 4.78 is 41.4. The average molecular weight is 917 g/mol. The molecule has 8 aliphatic rings.